The molecule has 0 aliphatic heterocycles. The van der Waals surface area contributed by atoms with Crippen LogP contribution in [-0.2, 0) is 9.20 Å². The van der Waals surface area contributed by atoms with E-state index in [4.69, 9.17) is 44.8 Å². The van der Waals surface area contributed by atoms with Crippen molar-refractivity contribution < 1.29 is 13.6 Å². The molecule has 0 aliphatic rings. The molecule has 0 saturated carbocycles. The first-order chi connectivity index (χ1) is 16.9. The van der Waals surface area contributed by atoms with Crippen molar-refractivity contribution in [2.45, 2.75) is 0 Å². The second-order valence-electron chi connectivity index (χ2n) is 7.55. The van der Waals surface area contributed by atoms with E-state index in [0.29, 0.717) is 0 Å². The zero-order valence-electron chi connectivity index (χ0n) is 18.4. The van der Waals surface area contributed by atoms with E-state index < -0.39 is 9.20 Å². The van der Waals surface area contributed by atoms with Crippen LogP contribution in [0.1, 0.15) is 0 Å². The first-order valence-corrected chi connectivity index (χ1v) is 16.7. The third-order valence-electron chi connectivity index (χ3n) is 5.24. The van der Waals surface area contributed by atoms with Crippen molar-refractivity contribution in [1.29, 1.82) is 0 Å². The van der Waals surface area contributed by atoms with E-state index in [1.807, 2.05) is 30.3 Å². The van der Waals surface area contributed by atoms with Crippen LogP contribution < -0.4 is 0 Å². The summed E-state index contributed by atoms with van der Waals surface area (Å²) >= 11 is 0. The minimum Gasteiger partial charge on any atom is -0.207 e. The zero-order valence-corrected chi connectivity index (χ0v) is 22.5. The largest absolute Gasteiger partial charge is 0.361 e. The zero-order chi connectivity index (χ0) is 24.7. The van der Waals surface area contributed by atoms with Gasteiger partial charge in [-0.2, -0.15) is 0 Å². The van der Waals surface area contributed by atoms with Gasteiger partial charge < -0.3 is 0 Å². The standard InChI is InChI=1S/C29H21O.4ClH.Fe/c1-4-10-22(11-5-1)24-16-18-26(19-17-24)29-21-27(23-12-6-2-7-13-23)20-28(30-29)25-14-8-3-9-15-25;;;;;/h1-21H;4*1H;/q+1;;;;;+3/p-4. The minimum atomic E-state index is -2.61. The van der Waals surface area contributed by atoms with E-state index in [9.17, 15) is 0 Å². The van der Waals surface area contributed by atoms with E-state index in [1.54, 1.807) is 0 Å². The summed E-state index contributed by atoms with van der Waals surface area (Å²) in [7, 11) is 17.2. The van der Waals surface area contributed by atoms with Gasteiger partial charge in [0.25, 0.3) is 0 Å². The fourth-order valence-corrected chi connectivity index (χ4v) is 3.64. The van der Waals surface area contributed by atoms with Crippen LogP contribution in [0.2, 0.25) is 0 Å². The predicted octanol–water partition coefficient (Wildman–Crippen LogP) is 11.0. The van der Waals surface area contributed by atoms with Crippen LogP contribution in [0.15, 0.2) is 132 Å². The Bertz CT molecular complexity index is 1290. The van der Waals surface area contributed by atoms with Gasteiger partial charge in [-0.25, -0.2) is 4.42 Å². The maximum absolute atomic E-state index is 6.36. The molecule has 0 radical (unpaired) electrons. The van der Waals surface area contributed by atoms with Gasteiger partial charge in [-0.3, -0.25) is 0 Å². The Morgan fingerprint density at radius 2 is 0.657 bits per heavy atom. The number of benzene rings is 4. The molecule has 0 atom stereocenters. The Labute approximate surface area is 225 Å². The molecule has 4 aromatic carbocycles. The number of halogens is 4. The smallest absolute Gasteiger partial charge is 0.207 e. The van der Waals surface area contributed by atoms with Crippen molar-refractivity contribution in [1.82, 2.24) is 0 Å². The van der Waals surface area contributed by atoms with Crippen LogP contribution >= 0.6 is 40.4 Å². The van der Waals surface area contributed by atoms with Gasteiger partial charge in [-0.15, -0.1) is 0 Å². The van der Waals surface area contributed by atoms with Crippen LogP contribution in [0.5, 0.6) is 0 Å². The average molecular weight is 583 g/mol. The van der Waals surface area contributed by atoms with Crippen LogP contribution in [0.4, 0.5) is 0 Å². The van der Waals surface area contributed by atoms with E-state index in [1.165, 1.54) is 16.7 Å². The van der Waals surface area contributed by atoms with Crippen molar-refractivity contribution in [3.8, 4) is 44.9 Å². The molecule has 0 amide bonds. The van der Waals surface area contributed by atoms with E-state index in [-0.39, 0.29) is 0 Å². The van der Waals surface area contributed by atoms with Crippen LogP contribution in [0, 0.1) is 0 Å². The summed E-state index contributed by atoms with van der Waals surface area (Å²) in [5.74, 6) is 1.72. The molecule has 0 spiro atoms. The predicted molar refractivity (Wildman–Crippen MR) is 148 cm³/mol. The van der Waals surface area contributed by atoms with E-state index in [2.05, 4.69) is 97.1 Å². The van der Waals surface area contributed by atoms with E-state index in [0.717, 1.165) is 28.2 Å². The fraction of sp³-hybridized carbons (Fsp3) is 0. The van der Waals surface area contributed by atoms with Crippen LogP contribution in [-0.4, -0.2) is 0 Å². The fourth-order valence-electron chi connectivity index (χ4n) is 3.64. The van der Waals surface area contributed by atoms with Gasteiger partial charge >= 0.3 is 61.1 Å². The summed E-state index contributed by atoms with van der Waals surface area (Å²) in [6.45, 7) is 0. The Balaban J connectivity index is 0.000000527. The quantitative estimate of drug-likeness (QED) is 0.151. The second-order valence-corrected chi connectivity index (χ2v) is 18.5. The Morgan fingerprint density at radius 1 is 0.371 bits per heavy atom. The Morgan fingerprint density at radius 3 is 1.09 bits per heavy atom. The number of rotatable bonds is 4. The maximum atomic E-state index is 6.36. The normalized spacial score (nSPS) is 11.3. The second kappa shape index (κ2) is 12.1. The molecule has 5 aromatic rings. The van der Waals surface area contributed by atoms with Gasteiger partial charge in [0, 0.05) is 5.56 Å². The van der Waals surface area contributed by atoms with E-state index >= 15 is 0 Å². The number of hydrogen-bond donors (Lipinski definition) is 0. The van der Waals surface area contributed by atoms with Gasteiger partial charge in [0.15, 0.2) is 0 Å². The first-order valence-electron chi connectivity index (χ1n) is 10.7. The Hall–Kier alpha value is -2.29. The van der Waals surface area contributed by atoms with Crippen molar-refractivity contribution in [3.05, 3.63) is 127 Å². The maximum Gasteiger partial charge on any atom is 0.361 e. The van der Waals surface area contributed by atoms with Gasteiger partial charge in [0.2, 0.25) is 0 Å². The molecule has 1 aromatic heterocycles. The van der Waals surface area contributed by atoms with Gasteiger partial charge in [0.05, 0.1) is 23.3 Å². The summed E-state index contributed by atoms with van der Waals surface area (Å²) in [5, 5.41) is 0. The van der Waals surface area contributed by atoms with Crippen LogP contribution in [0.3, 0.4) is 0 Å². The Kier molecular flexibility index (Phi) is 8.92. The van der Waals surface area contributed by atoms with Gasteiger partial charge in [-0.1, -0.05) is 91.0 Å². The van der Waals surface area contributed by atoms with Crippen molar-refractivity contribution in [3.63, 3.8) is 0 Å². The molecule has 6 heteroatoms. The molecule has 0 unspecified atom stereocenters. The SMILES string of the molecule is [Cl][Fe-]([Cl])([Cl])[Cl].c1ccc(-c2ccc(-c3cc(-c4ccccc4)cc(-c4ccccc4)[o+]3)cc2)cc1. The molecule has 1 nitrogen and oxygen atoms in total. The molecule has 1 heterocycles. The molecule has 35 heavy (non-hydrogen) atoms. The molecule has 0 bridgehead atoms. The van der Waals surface area contributed by atoms with Crippen molar-refractivity contribution >= 4 is 40.4 Å². The molecule has 0 aliphatic carbocycles. The molecule has 5 rings (SSSR count). The third-order valence-corrected chi connectivity index (χ3v) is 5.24. The summed E-state index contributed by atoms with van der Waals surface area (Å²) < 4.78 is 6.36. The molecule has 179 valence electrons. The molecule has 0 N–H and O–H groups in total. The summed E-state index contributed by atoms with van der Waals surface area (Å²) in [5.41, 5.74) is 6.85. The molecular weight excluding hydrogens is 562 g/mol. The molecule has 0 saturated heterocycles. The van der Waals surface area contributed by atoms with Crippen LogP contribution in [0.25, 0.3) is 44.9 Å². The molecule has 0 fully saturated rings. The topological polar surface area (TPSA) is 11.3 Å². The summed E-state index contributed by atoms with van der Waals surface area (Å²) in [6.07, 6.45) is 0. The van der Waals surface area contributed by atoms with Gasteiger partial charge in [0.1, 0.15) is 0 Å². The average Bonchev–Trinajstić information content (AvgIpc) is 2.89. The molecular formula is C29H21Cl4FeO. The van der Waals surface area contributed by atoms with Crippen molar-refractivity contribution in [2.75, 3.05) is 0 Å². The summed E-state index contributed by atoms with van der Waals surface area (Å²) in [4.78, 5) is 0. The monoisotopic (exact) mass is 581 g/mol. The first kappa shape index (κ1) is 25.8. The third kappa shape index (κ3) is 7.85. The van der Waals surface area contributed by atoms with Crippen molar-refractivity contribution in [2.24, 2.45) is 0 Å². The number of hydrogen-bond acceptors (Lipinski definition) is 0. The van der Waals surface area contributed by atoms with Gasteiger partial charge in [-0.05, 0) is 41.0 Å². The summed E-state index contributed by atoms with van der Waals surface area (Å²) in [6, 6.07) is 43.9. The minimum absolute atomic E-state index is 0.856.